The van der Waals surface area contributed by atoms with Crippen LogP contribution in [0.5, 0.6) is 0 Å². The highest BCUT2D eigenvalue weighted by atomic mass is 15.3. The summed E-state index contributed by atoms with van der Waals surface area (Å²) in [4.78, 5) is 14.4. The number of aryl methyl sites for hydroxylation is 1. The number of hydrogen-bond donors (Lipinski definition) is 0. The molecule has 116 valence electrons. The van der Waals surface area contributed by atoms with E-state index in [-0.39, 0.29) is 0 Å². The molecule has 2 fully saturated rings. The molecule has 0 spiro atoms. The van der Waals surface area contributed by atoms with E-state index in [1.165, 1.54) is 43.3 Å². The fourth-order valence-corrected chi connectivity index (χ4v) is 4.08. The standard InChI is InChI=1S/C18H24N4/c1-3-14-10-21-8-4-5-15(21)11-22(14)18-16-9-13(2)6-7-17(16)19-12-20-18/h6-7,9,12,14-15H,3-5,8,10-11H2,1-2H3. The van der Waals surface area contributed by atoms with Crippen LogP contribution >= 0.6 is 0 Å². The molecule has 2 saturated heterocycles. The lowest BCUT2D eigenvalue weighted by Gasteiger charge is -2.44. The molecule has 0 aliphatic carbocycles. The second-order valence-electron chi connectivity index (χ2n) is 6.72. The van der Waals surface area contributed by atoms with Gasteiger partial charge in [0.25, 0.3) is 0 Å². The highest BCUT2D eigenvalue weighted by Crippen LogP contribution is 2.32. The van der Waals surface area contributed by atoms with Crippen LogP contribution in [0, 0.1) is 6.92 Å². The molecule has 4 nitrogen and oxygen atoms in total. The molecule has 3 heterocycles. The Labute approximate surface area is 132 Å². The molecule has 2 aromatic rings. The minimum Gasteiger partial charge on any atom is -0.350 e. The summed E-state index contributed by atoms with van der Waals surface area (Å²) in [6.07, 6.45) is 5.56. The zero-order chi connectivity index (χ0) is 15.1. The number of fused-ring (bicyclic) bond motifs is 2. The summed E-state index contributed by atoms with van der Waals surface area (Å²) in [7, 11) is 0. The molecule has 2 aliphatic rings. The molecule has 4 heteroatoms. The smallest absolute Gasteiger partial charge is 0.140 e. The normalized spacial score (nSPS) is 25.6. The molecule has 22 heavy (non-hydrogen) atoms. The van der Waals surface area contributed by atoms with Gasteiger partial charge in [0, 0.05) is 30.6 Å². The quantitative estimate of drug-likeness (QED) is 0.853. The van der Waals surface area contributed by atoms with Gasteiger partial charge in [-0.15, -0.1) is 0 Å². The molecule has 0 N–H and O–H groups in total. The molecule has 2 aliphatic heterocycles. The summed E-state index contributed by atoms with van der Waals surface area (Å²) in [6, 6.07) is 7.75. The number of rotatable bonds is 2. The maximum absolute atomic E-state index is 4.68. The molecule has 0 radical (unpaired) electrons. The van der Waals surface area contributed by atoms with Gasteiger partial charge in [0.2, 0.25) is 0 Å². The van der Waals surface area contributed by atoms with Crippen molar-refractivity contribution in [3.05, 3.63) is 30.1 Å². The van der Waals surface area contributed by atoms with Gasteiger partial charge in [0.05, 0.1) is 5.52 Å². The van der Waals surface area contributed by atoms with E-state index in [9.17, 15) is 0 Å². The number of benzene rings is 1. The largest absolute Gasteiger partial charge is 0.350 e. The zero-order valence-corrected chi connectivity index (χ0v) is 13.5. The van der Waals surface area contributed by atoms with Crippen LogP contribution in [0.1, 0.15) is 31.7 Å². The van der Waals surface area contributed by atoms with Crippen molar-refractivity contribution in [1.29, 1.82) is 0 Å². The number of nitrogens with zero attached hydrogens (tertiary/aromatic N) is 4. The van der Waals surface area contributed by atoms with E-state index in [4.69, 9.17) is 0 Å². The number of aromatic nitrogens is 2. The maximum atomic E-state index is 4.68. The van der Waals surface area contributed by atoms with E-state index in [0.717, 1.165) is 17.9 Å². The highest BCUT2D eigenvalue weighted by molar-refractivity contribution is 5.90. The Bertz CT molecular complexity index is 684. The Morgan fingerprint density at radius 1 is 1.23 bits per heavy atom. The van der Waals surface area contributed by atoms with Gasteiger partial charge in [-0.1, -0.05) is 18.6 Å². The van der Waals surface area contributed by atoms with Crippen LogP contribution in [0.3, 0.4) is 0 Å². The van der Waals surface area contributed by atoms with Gasteiger partial charge in [-0.3, -0.25) is 4.90 Å². The van der Waals surface area contributed by atoms with Crippen molar-refractivity contribution in [2.75, 3.05) is 24.5 Å². The first kappa shape index (κ1) is 13.9. The van der Waals surface area contributed by atoms with Crippen molar-refractivity contribution in [3.8, 4) is 0 Å². The van der Waals surface area contributed by atoms with E-state index in [2.05, 4.69) is 51.8 Å². The Hall–Kier alpha value is -1.68. The van der Waals surface area contributed by atoms with Crippen molar-refractivity contribution in [1.82, 2.24) is 14.9 Å². The highest BCUT2D eigenvalue weighted by Gasteiger charge is 2.36. The summed E-state index contributed by atoms with van der Waals surface area (Å²) >= 11 is 0. The predicted octanol–water partition coefficient (Wildman–Crippen LogP) is 3.00. The summed E-state index contributed by atoms with van der Waals surface area (Å²) in [5, 5.41) is 1.20. The third kappa shape index (κ3) is 2.26. The molecule has 1 aromatic carbocycles. The first-order chi connectivity index (χ1) is 10.8. The Kier molecular flexibility index (Phi) is 3.49. The lowest BCUT2D eigenvalue weighted by molar-refractivity contribution is 0.194. The van der Waals surface area contributed by atoms with Gasteiger partial charge in [-0.2, -0.15) is 0 Å². The fraction of sp³-hybridized carbons (Fsp3) is 0.556. The molecule has 4 rings (SSSR count). The van der Waals surface area contributed by atoms with Crippen molar-refractivity contribution in [2.24, 2.45) is 0 Å². The van der Waals surface area contributed by atoms with Crippen LogP contribution in [0.4, 0.5) is 5.82 Å². The Morgan fingerprint density at radius 3 is 3.00 bits per heavy atom. The van der Waals surface area contributed by atoms with E-state index >= 15 is 0 Å². The third-order valence-corrected chi connectivity index (χ3v) is 5.31. The first-order valence-corrected chi connectivity index (χ1v) is 8.48. The summed E-state index contributed by atoms with van der Waals surface area (Å²) in [6.45, 7) is 8.00. The lowest BCUT2D eigenvalue weighted by atomic mass is 10.0. The fourth-order valence-electron chi connectivity index (χ4n) is 4.08. The monoisotopic (exact) mass is 296 g/mol. The van der Waals surface area contributed by atoms with Crippen LogP contribution in [0.2, 0.25) is 0 Å². The zero-order valence-electron chi connectivity index (χ0n) is 13.5. The second-order valence-corrected chi connectivity index (χ2v) is 6.72. The first-order valence-electron chi connectivity index (χ1n) is 8.48. The average Bonchev–Trinajstić information content (AvgIpc) is 3.00. The van der Waals surface area contributed by atoms with Crippen molar-refractivity contribution in [3.63, 3.8) is 0 Å². The van der Waals surface area contributed by atoms with Crippen LogP contribution < -0.4 is 4.90 Å². The van der Waals surface area contributed by atoms with E-state index in [1.54, 1.807) is 6.33 Å². The minimum absolute atomic E-state index is 0.563. The molecule has 0 saturated carbocycles. The minimum atomic E-state index is 0.563. The van der Waals surface area contributed by atoms with Gasteiger partial charge in [0.1, 0.15) is 12.1 Å². The van der Waals surface area contributed by atoms with Gasteiger partial charge in [0.15, 0.2) is 0 Å². The third-order valence-electron chi connectivity index (χ3n) is 5.31. The van der Waals surface area contributed by atoms with Crippen LogP contribution in [0.25, 0.3) is 10.9 Å². The lowest BCUT2D eigenvalue weighted by Crippen LogP contribution is -2.56. The second kappa shape index (κ2) is 5.51. The predicted molar refractivity (Wildman–Crippen MR) is 90.3 cm³/mol. The SMILES string of the molecule is CCC1CN2CCCC2CN1c1ncnc2ccc(C)cc12. The Balaban J connectivity index is 1.77. The molecule has 0 bridgehead atoms. The van der Waals surface area contributed by atoms with Gasteiger partial charge >= 0.3 is 0 Å². The molecular weight excluding hydrogens is 272 g/mol. The van der Waals surface area contributed by atoms with Crippen molar-refractivity contribution >= 4 is 16.7 Å². The number of hydrogen-bond acceptors (Lipinski definition) is 4. The van der Waals surface area contributed by atoms with Crippen LogP contribution in [-0.4, -0.2) is 46.6 Å². The van der Waals surface area contributed by atoms with Crippen LogP contribution in [-0.2, 0) is 0 Å². The number of piperazine rings is 1. The molecule has 2 atom stereocenters. The molecule has 1 aromatic heterocycles. The van der Waals surface area contributed by atoms with Gasteiger partial charge < -0.3 is 4.90 Å². The van der Waals surface area contributed by atoms with E-state index in [1.807, 2.05) is 0 Å². The van der Waals surface area contributed by atoms with Gasteiger partial charge in [-0.05, 0) is 44.9 Å². The molecular formula is C18H24N4. The van der Waals surface area contributed by atoms with Crippen LogP contribution in [0.15, 0.2) is 24.5 Å². The summed E-state index contributed by atoms with van der Waals surface area (Å²) in [5.74, 6) is 1.13. The number of anilines is 1. The topological polar surface area (TPSA) is 32.3 Å². The molecule has 2 unspecified atom stereocenters. The van der Waals surface area contributed by atoms with E-state index in [0.29, 0.717) is 12.1 Å². The summed E-state index contributed by atoms with van der Waals surface area (Å²) < 4.78 is 0. The summed E-state index contributed by atoms with van der Waals surface area (Å²) in [5.41, 5.74) is 2.33. The Morgan fingerprint density at radius 2 is 2.14 bits per heavy atom. The van der Waals surface area contributed by atoms with Crippen molar-refractivity contribution < 1.29 is 0 Å². The van der Waals surface area contributed by atoms with Gasteiger partial charge in [-0.25, -0.2) is 9.97 Å². The van der Waals surface area contributed by atoms with E-state index < -0.39 is 0 Å². The molecule has 0 amide bonds. The maximum Gasteiger partial charge on any atom is 0.140 e. The van der Waals surface area contributed by atoms with Crippen molar-refractivity contribution in [2.45, 2.75) is 45.2 Å². The average molecular weight is 296 g/mol.